The Bertz CT molecular complexity index is 496. The van der Waals surface area contributed by atoms with Crippen LogP contribution in [0.2, 0.25) is 0 Å². The van der Waals surface area contributed by atoms with Crippen molar-refractivity contribution >= 4 is 22.8 Å². The first kappa shape index (κ1) is 14.0. The van der Waals surface area contributed by atoms with Crippen LogP contribution in [0.15, 0.2) is 6.07 Å². The molecule has 1 aliphatic carbocycles. The molecule has 1 aromatic rings. The van der Waals surface area contributed by atoms with Crippen LogP contribution in [0.5, 0.6) is 5.06 Å². The van der Waals surface area contributed by atoms with Gasteiger partial charge in [0.2, 0.25) is 0 Å². The van der Waals surface area contributed by atoms with Gasteiger partial charge in [-0.15, -0.1) is 0 Å². The molecule has 104 valence electrons. The molecule has 0 aliphatic heterocycles. The number of rotatable bonds is 7. The van der Waals surface area contributed by atoms with Crippen LogP contribution in [0, 0.1) is 10.1 Å². The zero-order chi connectivity index (χ0) is 14.0. The lowest BCUT2D eigenvalue weighted by Gasteiger charge is -2.14. The second kappa shape index (κ2) is 5.66. The summed E-state index contributed by atoms with van der Waals surface area (Å²) in [5.41, 5.74) is -0.121. The van der Waals surface area contributed by atoms with Gasteiger partial charge in [0.15, 0.2) is 5.78 Å². The Balaban J connectivity index is 1.97. The number of carbonyl (C=O) groups excluding carboxylic acids is 1. The average Bonchev–Trinajstić information content (AvgIpc) is 3.09. The van der Waals surface area contributed by atoms with Crippen molar-refractivity contribution < 1.29 is 14.5 Å². The van der Waals surface area contributed by atoms with Gasteiger partial charge < -0.3 is 9.64 Å². The highest BCUT2D eigenvalue weighted by molar-refractivity contribution is 7.16. The summed E-state index contributed by atoms with van der Waals surface area (Å²) in [6.45, 7) is 2.51. The van der Waals surface area contributed by atoms with Crippen LogP contribution in [0.4, 0.5) is 5.69 Å². The van der Waals surface area contributed by atoms with Gasteiger partial charge in [-0.3, -0.25) is 14.9 Å². The third kappa shape index (κ3) is 3.51. The van der Waals surface area contributed by atoms with Crippen LogP contribution in [0.25, 0.3) is 0 Å². The van der Waals surface area contributed by atoms with Crippen molar-refractivity contribution in [3.05, 3.63) is 21.1 Å². The normalized spacial score (nSPS) is 14.7. The molecule has 0 aromatic carbocycles. The molecule has 1 heterocycles. The molecule has 1 fully saturated rings. The molecule has 1 aliphatic rings. The van der Waals surface area contributed by atoms with Gasteiger partial charge in [-0.2, -0.15) is 0 Å². The van der Waals surface area contributed by atoms with Crippen LogP contribution in [-0.4, -0.2) is 41.8 Å². The second-order valence-corrected chi connectivity index (χ2v) is 5.67. The summed E-state index contributed by atoms with van der Waals surface area (Å²) in [5, 5.41) is 11.1. The fourth-order valence-corrected chi connectivity index (χ4v) is 2.64. The third-order valence-corrected chi connectivity index (χ3v) is 4.21. The molecular formula is C12H16N2O4S. The zero-order valence-electron chi connectivity index (χ0n) is 10.9. The van der Waals surface area contributed by atoms with E-state index in [4.69, 9.17) is 4.74 Å². The minimum absolute atomic E-state index is 0.121. The van der Waals surface area contributed by atoms with Crippen LogP contribution < -0.4 is 4.74 Å². The quantitative estimate of drug-likeness (QED) is 0.436. The molecule has 0 saturated heterocycles. The van der Waals surface area contributed by atoms with Crippen molar-refractivity contribution in [2.45, 2.75) is 25.8 Å². The van der Waals surface area contributed by atoms with Crippen LogP contribution in [0.3, 0.4) is 0 Å². The first-order chi connectivity index (χ1) is 8.99. The van der Waals surface area contributed by atoms with Gasteiger partial charge in [-0.05, 0) is 26.8 Å². The number of carbonyl (C=O) groups is 1. The molecular weight excluding hydrogens is 268 g/mol. The second-order valence-electron chi connectivity index (χ2n) is 4.66. The summed E-state index contributed by atoms with van der Waals surface area (Å²) in [5.74, 6) is -0.182. The molecule has 7 heteroatoms. The highest BCUT2D eigenvalue weighted by atomic mass is 32.1. The van der Waals surface area contributed by atoms with Gasteiger partial charge >= 0.3 is 5.69 Å². The van der Waals surface area contributed by atoms with E-state index in [9.17, 15) is 14.9 Å². The standard InChI is InChI=1S/C12H16N2O4S/c1-8(15)11-7-10(14(16)17)12(19-11)18-6-5-13(2)9-3-4-9/h7,9H,3-6H2,1-2H3. The van der Waals surface area contributed by atoms with Gasteiger partial charge in [-0.25, -0.2) is 0 Å². The summed E-state index contributed by atoms with van der Waals surface area (Å²) in [6, 6.07) is 1.92. The maximum atomic E-state index is 11.2. The molecule has 19 heavy (non-hydrogen) atoms. The Labute approximate surface area is 115 Å². The van der Waals surface area contributed by atoms with Crippen molar-refractivity contribution in [3.8, 4) is 5.06 Å². The van der Waals surface area contributed by atoms with Crippen molar-refractivity contribution in [3.63, 3.8) is 0 Å². The molecule has 0 bridgehead atoms. The number of hydrogen-bond donors (Lipinski definition) is 0. The summed E-state index contributed by atoms with van der Waals surface area (Å²) in [6.07, 6.45) is 2.42. The van der Waals surface area contributed by atoms with Crippen LogP contribution in [-0.2, 0) is 0 Å². The van der Waals surface area contributed by atoms with Crippen LogP contribution in [0.1, 0.15) is 29.4 Å². The molecule has 0 radical (unpaired) electrons. The zero-order valence-corrected chi connectivity index (χ0v) is 11.7. The van der Waals surface area contributed by atoms with Gasteiger partial charge in [0.05, 0.1) is 9.80 Å². The van der Waals surface area contributed by atoms with Gasteiger partial charge in [-0.1, -0.05) is 11.3 Å². The molecule has 0 spiro atoms. The Hall–Kier alpha value is -1.47. The van der Waals surface area contributed by atoms with Crippen LogP contribution >= 0.6 is 11.3 Å². The number of ether oxygens (including phenoxy) is 1. The first-order valence-corrected chi connectivity index (χ1v) is 6.93. The van der Waals surface area contributed by atoms with E-state index in [1.165, 1.54) is 25.8 Å². The van der Waals surface area contributed by atoms with E-state index in [1.54, 1.807) is 0 Å². The molecule has 1 aromatic heterocycles. The number of thiophene rings is 1. The fraction of sp³-hybridized carbons (Fsp3) is 0.583. The van der Waals surface area contributed by atoms with Gasteiger partial charge in [0, 0.05) is 18.7 Å². The third-order valence-electron chi connectivity index (χ3n) is 3.07. The minimum Gasteiger partial charge on any atom is -0.478 e. The smallest absolute Gasteiger partial charge is 0.323 e. The number of hydrogen-bond acceptors (Lipinski definition) is 6. The number of ketones is 1. The largest absolute Gasteiger partial charge is 0.478 e. The van der Waals surface area contributed by atoms with E-state index in [0.717, 1.165) is 17.9 Å². The number of nitro groups is 1. The SMILES string of the molecule is CC(=O)c1cc([N+](=O)[O-])c(OCCN(C)C2CC2)s1. The highest BCUT2D eigenvalue weighted by Gasteiger charge is 2.26. The molecule has 2 rings (SSSR count). The first-order valence-electron chi connectivity index (χ1n) is 6.11. The Morgan fingerprint density at radius 3 is 2.84 bits per heavy atom. The number of likely N-dealkylation sites (N-methyl/N-ethyl adjacent to an activating group) is 1. The summed E-state index contributed by atoms with van der Waals surface area (Å²) < 4.78 is 5.46. The maximum Gasteiger partial charge on any atom is 0.323 e. The van der Waals surface area contributed by atoms with E-state index in [2.05, 4.69) is 4.90 Å². The Morgan fingerprint density at radius 2 is 2.32 bits per heavy atom. The van der Waals surface area contributed by atoms with E-state index < -0.39 is 4.92 Å². The van der Waals surface area contributed by atoms with E-state index >= 15 is 0 Å². The summed E-state index contributed by atoms with van der Waals surface area (Å²) in [7, 11) is 2.02. The van der Waals surface area contributed by atoms with E-state index in [1.807, 2.05) is 7.05 Å². The van der Waals surface area contributed by atoms with E-state index in [-0.39, 0.29) is 16.5 Å². The van der Waals surface area contributed by atoms with Gasteiger partial charge in [0.25, 0.3) is 5.06 Å². The maximum absolute atomic E-state index is 11.2. The Morgan fingerprint density at radius 1 is 1.63 bits per heavy atom. The van der Waals surface area contributed by atoms with Crippen molar-refractivity contribution in [1.29, 1.82) is 0 Å². The Kier molecular flexibility index (Phi) is 4.16. The minimum atomic E-state index is -0.511. The molecule has 6 nitrogen and oxygen atoms in total. The molecule has 0 amide bonds. The fourth-order valence-electron chi connectivity index (χ4n) is 1.75. The van der Waals surface area contributed by atoms with E-state index in [0.29, 0.717) is 17.5 Å². The predicted molar refractivity (Wildman–Crippen MR) is 72.1 cm³/mol. The van der Waals surface area contributed by atoms with Gasteiger partial charge in [0.1, 0.15) is 6.61 Å². The highest BCUT2D eigenvalue weighted by Crippen LogP contribution is 2.37. The topological polar surface area (TPSA) is 72.7 Å². The molecule has 0 atom stereocenters. The lowest BCUT2D eigenvalue weighted by molar-refractivity contribution is -0.385. The lowest BCUT2D eigenvalue weighted by Crippen LogP contribution is -2.26. The van der Waals surface area contributed by atoms with Crippen molar-refractivity contribution in [1.82, 2.24) is 4.90 Å². The van der Waals surface area contributed by atoms with Crippen molar-refractivity contribution in [2.75, 3.05) is 20.2 Å². The molecule has 0 N–H and O–H groups in total. The predicted octanol–water partition coefficient (Wildman–Crippen LogP) is 2.33. The average molecular weight is 284 g/mol. The molecule has 0 unspecified atom stereocenters. The summed E-state index contributed by atoms with van der Waals surface area (Å²) >= 11 is 1.04. The number of nitrogens with zero attached hydrogens (tertiary/aromatic N) is 2. The summed E-state index contributed by atoms with van der Waals surface area (Å²) in [4.78, 5) is 24.2. The number of Topliss-reactive ketones (excluding diaryl/α,β-unsaturated/α-hetero) is 1. The lowest BCUT2D eigenvalue weighted by atomic mass is 10.3. The monoisotopic (exact) mass is 284 g/mol. The molecule has 1 saturated carbocycles. The van der Waals surface area contributed by atoms with Crippen molar-refractivity contribution in [2.24, 2.45) is 0 Å².